The van der Waals surface area contributed by atoms with Gasteiger partial charge in [-0.2, -0.15) is 4.68 Å². The summed E-state index contributed by atoms with van der Waals surface area (Å²) < 4.78 is 2.16. The first-order valence-electron chi connectivity index (χ1n) is 4.41. The maximum absolute atomic E-state index is 10.8. The summed E-state index contributed by atoms with van der Waals surface area (Å²) in [7, 11) is 0. The molecule has 0 fully saturated rings. The topological polar surface area (TPSA) is 73.8 Å². The summed E-state index contributed by atoms with van der Waals surface area (Å²) in [5.74, 6) is -0.278. The van der Waals surface area contributed by atoms with Crippen molar-refractivity contribution in [1.82, 2.24) is 14.8 Å². The Morgan fingerprint density at radius 2 is 2.38 bits per heavy atom. The van der Waals surface area contributed by atoms with E-state index in [4.69, 9.17) is 11.6 Å². The zero-order valence-corrected chi connectivity index (χ0v) is 10.5. The molecule has 0 saturated heterocycles. The maximum Gasteiger partial charge on any atom is 0.416 e. The van der Waals surface area contributed by atoms with Gasteiger partial charge in [0.05, 0.1) is 16.1 Å². The summed E-state index contributed by atoms with van der Waals surface area (Å²) in [4.78, 5) is 14.2. The first kappa shape index (κ1) is 11.3. The average Bonchev–Trinajstić information content (AvgIpc) is 2.56. The van der Waals surface area contributed by atoms with Crippen LogP contribution in [-0.2, 0) is 6.54 Å². The predicted octanol–water partition coefficient (Wildman–Crippen LogP) is 2.78. The number of nitrogens with zero attached hydrogens (tertiary/aromatic N) is 4. The van der Waals surface area contributed by atoms with E-state index in [1.54, 1.807) is 6.07 Å². The lowest BCUT2D eigenvalue weighted by Gasteiger charge is -1.96. The zero-order chi connectivity index (χ0) is 11.9. The third kappa shape index (κ3) is 1.65. The number of halogens is 2. The maximum atomic E-state index is 10.8. The first-order chi connectivity index (χ1) is 7.54. The Balaban J connectivity index is 2.90. The summed E-state index contributed by atoms with van der Waals surface area (Å²) in [5, 5.41) is 14.9. The number of aromatic nitrogens is 3. The van der Waals surface area contributed by atoms with Crippen molar-refractivity contribution in [2.45, 2.75) is 13.5 Å². The summed E-state index contributed by atoms with van der Waals surface area (Å²) in [6, 6.07) is 1.58. The second kappa shape index (κ2) is 3.99. The van der Waals surface area contributed by atoms with Crippen LogP contribution in [0.2, 0.25) is 5.15 Å². The number of pyridine rings is 1. The van der Waals surface area contributed by atoms with Gasteiger partial charge in [-0.3, -0.25) is 0 Å². The van der Waals surface area contributed by atoms with E-state index in [9.17, 15) is 10.1 Å². The molecule has 84 valence electrons. The smallest absolute Gasteiger partial charge is 0.358 e. The lowest BCUT2D eigenvalue weighted by atomic mass is 10.4. The Labute approximate surface area is 103 Å². The largest absolute Gasteiger partial charge is 0.416 e. The molecule has 0 aromatic carbocycles. The minimum Gasteiger partial charge on any atom is -0.358 e. The van der Waals surface area contributed by atoms with Gasteiger partial charge in [-0.15, -0.1) is 0 Å². The molecule has 8 heteroatoms. The quantitative estimate of drug-likeness (QED) is 0.486. The van der Waals surface area contributed by atoms with Crippen LogP contribution in [0, 0.1) is 10.1 Å². The van der Waals surface area contributed by atoms with Crippen LogP contribution in [0.25, 0.3) is 11.0 Å². The van der Waals surface area contributed by atoms with Gasteiger partial charge in [0.15, 0.2) is 5.52 Å². The van der Waals surface area contributed by atoms with Crippen molar-refractivity contribution in [3.8, 4) is 0 Å². The molecule has 0 amide bonds. The normalized spacial score (nSPS) is 10.9. The second-order valence-electron chi connectivity index (χ2n) is 3.02. The van der Waals surface area contributed by atoms with Gasteiger partial charge in [0, 0.05) is 0 Å². The Kier molecular flexibility index (Phi) is 2.81. The highest BCUT2D eigenvalue weighted by atomic mass is 79.9. The summed E-state index contributed by atoms with van der Waals surface area (Å²) in [6.45, 7) is 2.36. The van der Waals surface area contributed by atoms with Crippen molar-refractivity contribution >= 4 is 44.4 Å². The van der Waals surface area contributed by atoms with E-state index in [0.717, 1.165) is 0 Å². The van der Waals surface area contributed by atoms with Gasteiger partial charge in [-0.1, -0.05) is 11.6 Å². The fourth-order valence-corrected chi connectivity index (χ4v) is 2.38. The van der Waals surface area contributed by atoms with Crippen LogP contribution >= 0.6 is 27.5 Å². The van der Waals surface area contributed by atoms with Gasteiger partial charge in [-0.05, 0) is 33.8 Å². The Bertz CT molecular complexity index is 583. The molecule has 0 N–H and O–H groups in total. The van der Waals surface area contributed by atoms with Crippen molar-refractivity contribution in [3.63, 3.8) is 0 Å². The van der Waals surface area contributed by atoms with Crippen molar-refractivity contribution < 1.29 is 4.92 Å². The van der Waals surface area contributed by atoms with E-state index in [1.807, 2.05) is 6.92 Å². The van der Waals surface area contributed by atoms with Gasteiger partial charge in [0.25, 0.3) is 0 Å². The number of rotatable bonds is 2. The minimum absolute atomic E-state index is 0.193. The highest BCUT2D eigenvalue weighted by Gasteiger charge is 2.24. The molecule has 0 bridgehead atoms. The van der Waals surface area contributed by atoms with Crippen molar-refractivity contribution in [2.75, 3.05) is 0 Å². The molecule has 0 aliphatic rings. The SMILES string of the molecule is CCn1nc([N+](=O)[O-])c2nc(Cl)cc(Br)c21. The third-order valence-electron chi connectivity index (χ3n) is 2.07. The van der Waals surface area contributed by atoms with Crippen LogP contribution in [0.3, 0.4) is 0 Å². The van der Waals surface area contributed by atoms with Crippen LogP contribution in [0.1, 0.15) is 6.92 Å². The van der Waals surface area contributed by atoms with E-state index in [0.29, 0.717) is 16.5 Å². The van der Waals surface area contributed by atoms with Crippen molar-refractivity contribution in [2.24, 2.45) is 0 Å². The van der Waals surface area contributed by atoms with Gasteiger partial charge in [-0.25, -0.2) is 4.98 Å². The van der Waals surface area contributed by atoms with Crippen LogP contribution in [0.4, 0.5) is 5.82 Å². The molecule has 0 aliphatic heterocycles. The molecule has 0 radical (unpaired) electrons. The lowest BCUT2D eigenvalue weighted by molar-refractivity contribution is -0.388. The Morgan fingerprint density at radius 3 is 2.94 bits per heavy atom. The average molecular weight is 306 g/mol. The van der Waals surface area contributed by atoms with E-state index < -0.39 is 4.92 Å². The van der Waals surface area contributed by atoms with E-state index in [2.05, 4.69) is 26.0 Å². The molecular formula is C8H6BrClN4O2. The fourth-order valence-electron chi connectivity index (χ4n) is 1.44. The highest BCUT2D eigenvalue weighted by Crippen LogP contribution is 2.31. The fraction of sp³-hybridized carbons (Fsp3) is 0.250. The molecule has 0 aliphatic carbocycles. The van der Waals surface area contributed by atoms with Gasteiger partial charge < -0.3 is 10.1 Å². The molecular weight excluding hydrogens is 299 g/mol. The van der Waals surface area contributed by atoms with Crippen LogP contribution in [0.5, 0.6) is 0 Å². The monoisotopic (exact) mass is 304 g/mol. The highest BCUT2D eigenvalue weighted by molar-refractivity contribution is 9.10. The molecule has 2 aromatic rings. The third-order valence-corrected chi connectivity index (χ3v) is 2.87. The number of hydrogen-bond donors (Lipinski definition) is 0. The van der Waals surface area contributed by atoms with Crippen LogP contribution in [0.15, 0.2) is 10.5 Å². The zero-order valence-electron chi connectivity index (χ0n) is 8.15. The van der Waals surface area contributed by atoms with Gasteiger partial charge in [0.2, 0.25) is 0 Å². The van der Waals surface area contributed by atoms with Crippen LogP contribution in [-0.4, -0.2) is 19.7 Å². The number of aryl methyl sites for hydroxylation is 1. The summed E-state index contributed by atoms with van der Waals surface area (Å²) in [5.41, 5.74) is 0.782. The molecule has 16 heavy (non-hydrogen) atoms. The number of nitro groups is 1. The number of hydrogen-bond acceptors (Lipinski definition) is 4. The van der Waals surface area contributed by atoms with Crippen LogP contribution < -0.4 is 0 Å². The van der Waals surface area contributed by atoms with Crippen molar-refractivity contribution in [3.05, 3.63) is 25.8 Å². The molecule has 0 atom stereocenters. The predicted molar refractivity (Wildman–Crippen MR) is 62.6 cm³/mol. The molecule has 6 nitrogen and oxygen atoms in total. The second-order valence-corrected chi connectivity index (χ2v) is 4.26. The van der Waals surface area contributed by atoms with E-state index in [-0.39, 0.29) is 16.5 Å². The molecule has 0 saturated carbocycles. The van der Waals surface area contributed by atoms with E-state index in [1.165, 1.54) is 4.68 Å². The molecule has 2 heterocycles. The number of fused-ring (bicyclic) bond motifs is 1. The molecule has 2 rings (SSSR count). The standard InChI is InChI=1S/C8H6BrClN4O2/c1-2-13-7-4(9)3-5(10)11-6(7)8(12-13)14(15)16/h3H,2H2,1H3. The van der Waals surface area contributed by atoms with Crippen molar-refractivity contribution in [1.29, 1.82) is 0 Å². The molecule has 0 spiro atoms. The van der Waals surface area contributed by atoms with Gasteiger partial charge >= 0.3 is 5.82 Å². The molecule has 2 aromatic heterocycles. The molecule has 0 unspecified atom stereocenters. The first-order valence-corrected chi connectivity index (χ1v) is 5.58. The minimum atomic E-state index is -0.565. The Hall–Kier alpha value is -1.21. The Morgan fingerprint density at radius 1 is 1.69 bits per heavy atom. The lowest BCUT2D eigenvalue weighted by Crippen LogP contribution is -1.97. The van der Waals surface area contributed by atoms with Gasteiger partial charge in [0.1, 0.15) is 10.7 Å². The summed E-state index contributed by atoms with van der Waals surface area (Å²) >= 11 is 9.05. The summed E-state index contributed by atoms with van der Waals surface area (Å²) in [6.07, 6.45) is 0. The van der Waals surface area contributed by atoms with E-state index >= 15 is 0 Å².